The van der Waals surface area contributed by atoms with Gasteiger partial charge in [0.05, 0.1) is 0 Å². The van der Waals surface area contributed by atoms with Gasteiger partial charge in [-0.15, -0.1) is 0 Å². The summed E-state index contributed by atoms with van der Waals surface area (Å²) in [5.74, 6) is -1.06. The molecule has 0 spiro atoms. The zero-order valence-electron chi connectivity index (χ0n) is 11.7. The summed E-state index contributed by atoms with van der Waals surface area (Å²) in [6.45, 7) is 3.93. The average Bonchev–Trinajstić information content (AvgIpc) is 2.41. The van der Waals surface area contributed by atoms with Crippen molar-refractivity contribution in [3.63, 3.8) is 0 Å². The Morgan fingerprint density at radius 3 is 2.24 bits per heavy atom. The summed E-state index contributed by atoms with van der Waals surface area (Å²) in [7, 11) is 0. The summed E-state index contributed by atoms with van der Waals surface area (Å²) in [6, 6.07) is 7.39. The number of ether oxygens (including phenoxy) is 1. The van der Waals surface area contributed by atoms with Gasteiger partial charge in [-0.1, -0.05) is 18.3 Å². The van der Waals surface area contributed by atoms with Gasteiger partial charge >= 0.3 is 0 Å². The van der Waals surface area contributed by atoms with Crippen LogP contribution in [0, 0.1) is 25.5 Å². The Bertz CT molecular complexity index is 678. The average molecular weight is 307 g/mol. The summed E-state index contributed by atoms with van der Waals surface area (Å²) in [5.41, 5.74) is 8.73. The molecule has 2 rings (SSSR count). The fourth-order valence-electron chi connectivity index (χ4n) is 2.11. The molecule has 0 aliphatic rings. The molecule has 0 fully saturated rings. The van der Waals surface area contributed by atoms with Crippen LogP contribution < -0.4 is 10.5 Å². The molecule has 0 saturated heterocycles. The zero-order chi connectivity index (χ0) is 15.6. The fraction of sp³-hybridized carbons (Fsp3) is 0.188. The molecule has 0 bridgehead atoms. The predicted molar refractivity (Wildman–Crippen MR) is 82.5 cm³/mol. The van der Waals surface area contributed by atoms with Crippen molar-refractivity contribution in [2.75, 3.05) is 0 Å². The van der Waals surface area contributed by atoms with Crippen molar-refractivity contribution >= 4 is 17.2 Å². The third-order valence-corrected chi connectivity index (χ3v) is 3.35. The van der Waals surface area contributed by atoms with Crippen LogP contribution in [0.2, 0.25) is 0 Å². The Labute approximate surface area is 127 Å². The molecule has 0 saturated carbocycles. The first-order chi connectivity index (χ1) is 9.88. The van der Waals surface area contributed by atoms with Crippen molar-refractivity contribution in [3.05, 3.63) is 64.2 Å². The minimum atomic E-state index is -0.881. The molecule has 0 aromatic heterocycles. The number of thiocarbonyl (C=S) groups is 1. The van der Waals surface area contributed by atoms with E-state index in [0.29, 0.717) is 16.3 Å². The number of hydrogen-bond donors (Lipinski definition) is 1. The predicted octanol–water partition coefficient (Wildman–Crippen LogP) is 3.79. The van der Waals surface area contributed by atoms with Gasteiger partial charge in [-0.2, -0.15) is 0 Å². The molecule has 2 aromatic carbocycles. The first-order valence-corrected chi connectivity index (χ1v) is 6.77. The van der Waals surface area contributed by atoms with E-state index in [2.05, 4.69) is 0 Å². The molecule has 0 atom stereocenters. The normalized spacial score (nSPS) is 10.5. The van der Waals surface area contributed by atoms with Gasteiger partial charge in [-0.3, -0.25) is 0 Å². The lowest BCUT2D eigenvalue weighted by Crippen LogP contribution is -2.10. The van der Waals surface area contributed by atoms with Crippen LogP contribution in [0.4, 0.5) is 8.78 Å². The maximum atomic E-state index is 13.1. The molecule has 0 aliphatic carbocycles. The third kappa shape index (κ3) is 3.55. The Hall–Kier alpha value is -2.01. The summed E-state index contributed by atoms with van der Waals surface area (Å²) in [6.07, 6.45) is 0. The molecule has 0 aliphatic heterocycles. The van der Waals surface area contributed by atoms with Crippen molar-refractivity contribution in [2.24, 2.45) is 5.73 Å². The highest BCUT2D eigenvalue weighted by atomic mass is 32.1. The quantitative estimate of drug-likeness (QED) is 0.873. The van der Waals surface area contributed by atoms with Crippen LogP contribution in [0.5, 0.6) is 5.75 Å². The highest BCUT2D eigenvalue weighted by molar-refractivity contribution is 7.80. The number of halogens is 2. The summed E-state index contributed by atoms with van der Waals surface area (Å²) in [5, 5.41) is 0. The van der Waals surface area contributed by atoms with Gasteiger partial charge < -0.3 is 10.5 Å². The van der Waals surface area contributed by atoms with Crippen LogP contribution in [0.1, 0.15) is 22.3 Å². The molecule has 110 valence electrons. The van der Waals surface area contributed by atoms with Gasteiger partial charge in [-0.05, 0) is 54.8 Å². The van der Waals surface area contributed by atoms with Crippen LogP contribution >= 0.6 is 12.2 Å². The highest BCUT2D eigenvalue weighted by Gasteiger charge is 2.09. The standard InChI is InChI=1S/C16H15F2NOS/c1-9-5-12(16(19)21)6-10(2)15(9)20-8-11-3-4-13(17)14(18)7-11/h3-7H,8H2,1-2H3,(H2,19,21). The van der Waals surface area contributed by atoms with Crippen LogP contribution in [0.3, 0.4) is 0 Å². The van der Waals surface area contributed by atoms with Crippen molar-refractivity contribution < 1.29 is 13.5 Å². The lowest BCUT2D eigenvalue weighted by atomic mass is 10.1. The van der Waals surface area contributed by atoms with Crippen molar-refractivity contribution in [1.29, 1.82) is 0 Å². The molecular weight excluding hydrogens is 292 g/mol. The van der Waals surface area contributed by atoms with E-state index in [0.717, 1.165) is 28.8 Å². The first kappa shape index (κ1) is 15.4. The minimum Gasteiger partial charge on any atom is -0.488 e. The van der Waals surface area contributed by atoms with E-state index < -0.39 is 11.6 Å². The van der Waals surface area contributed by atoms with E-state index in [9.17, 15) is 8.78 Å². The first-order valence-electron chi connectivity index (χ1n) is 6.36. The number of nitrogens with two attached hydrogens (primary N) is 1. The molecule has 2 nitrogen and oxygen atoms in total. The topological polar surface area (TPSA) is 35.2 Å². The SMILES string of the molecule is Cc1cc(C(N)=S)cc(C)c1OCc1ccc(F)c(F)c1. The van der Waals surface area contributed by atoms with E-state index in [-0.39, 0.29) is 6.61 Å². The molecule has 0 radical (unpaired) electrons. The Morgan fingerprint density at radius 1 is 1.10 bits per heavy atom. The van der Waals surface area contributed by atoms with E-state index >= 15 is 0 Å². The van der Waals surface area contributed by atoms with Gasteiger partial charge in [-0.25, -0.2) is 8.78 Å². The number of hydrogen-bond acceptors (Lipinski definition) is 2. The smallest absolute Gasteiger partial charge is 0.159 e. The maximum absolute atomic E-state index is 13.1. The molecule has 0 amide bonds. The number of aryl methyl sites for hydroxylation is 2. The fourth-order valence-corrected chi connectivity index (χ4v) is 2.22. The van der Waals surface area contributed by atoms with Crippen LogP contribution in [-0.4, -0.2) is 4.99 Å². The second-order valence-electron chi connectivity index (χ2n) is 4.84. The summed E-state index contributed by atoms with van der Waals surface area (Å²) < 4.78 is 31.7. The minimum absolute atomic E-state index is 0.158. The lowest BCUT2D eigenvalue weighted by Gasteiger charge is -2.14. The second kappa shape index (κ2) is 6.18. The van der Waals surface area contributed by atoms with E-state index in [4.69, 9.17) is 22.7 Å². The molecule has 21 heavy (non-hydrogen) atoms. The third-order valence-electron chi connectivity index (χ3n) is 3.11. The molecular formula is C16H15F2NOS. The largest absolute Gasteiger partial charge is 0.488 e. The highest BCUT2D eigenvalue weighted by Crippen LogP contribution is 2.26. The Balaban J connectivity index is 2.20. The van der Waals surface area contributed by atoms with Crippen molar-refractivity contribution in [1.82, 2.24) is 0 Å². The Kier molecular flexibility index (Phi) is 4.53. The molecule has 2 aromatic rings. The Morgan fingerprint density at radius 2 is 1.71 bits per heavy atom. The lowest BCUT2D eigenvalue weighted by molar-refractivity contribution is 0.301. The monoisotopic (exact) mass is 307 g/mol. The van der Waals surface area contributed by atoms with Crippen molar-refractivity contribution in [3.8, 4) is 5.75 Å². The summed E-state index contributed by atoms with van der Waals surface area (Å²) >= 11 is 4.95. The van der Waals surface area contributed by atoms with Crippen molar-refractivity contribution in [2.45, 2.75) is 20.5 Å². The second-order valence-corrected chi connectivity index (χ2v) is 5.28. The number of benzene rings is 2. The van der Waals surface area contributed by atoms with Gasteiger partial charge in [0.2, 0.25) is 0 Å². The van der Waals surface area contributed by atoms with E-state index in [1.54, 1.807) is 0 Å². The zero-order valence-corrected chi connectivity index (χ0v) is 12.6. The van der Waals surface area contributed by atoms with Crippen LogP contribution in [0.15, 0.2) is 30.3 Å². The van der Waals surface area contributed by atoms with Gasteiger partial charge in [0.25, 0.3) is 0 Å². The molecule has 0 heterocycles. The summed E-state index contributed by atoms with van der Waals surface area (Å²) in [4.78, 5) is 0.327. The number of rotatable bonds is 4. The molecule has 2 N–H and O–H groups in total. The van der Waals surface area contributed by atoms with Gasteiger partial charge in [0.15, 0.2) is 11.6 Å². The van der Waals surface area contributed by atoms with Gasteiger partial charge in [0, 0.05) is 5.56 Å². The maximum Gasteiger partial charge on any atom is 0.159 e. The van der Waals surface area contributed by atoms with E-state index in [1.165, 1.54) is 6.07 Å². The van der Waals surface area contributed by atoms with Crippen LogP contribution in [0.25, 0.3) is 0 Å². The van der Waals surface area contributed by atoms with Crippen LogP contribution in [-0.2, 0) is 6.61 Å². The van der Waals surface area contributed by atoms with E-state index in [1.807, 2.05) is 26.0 Å². The molecule has 0 unspecified atom stereocenters. The van der Waals surface area contributed by atoms with Gasteiger partial charge in [0.1, 0.15) is 17.3 Å². The molecule has 5 heteroatoms.